The molecule has 132 valence electrons. The molecule has 1 aromatic carbocycles. The zero-order valence-corrected chi connectivity index (χ0v) is 15.5. The Kier molecular flexibility index (Phi) is 5.27. The van der Waals surface area contributed by atoms with Crippen LogP contribution in [-0.4, -0.2) is 37.6 Å². The molecular weight excluding hydrogens is 362 g/mol. The van der Waals surface area contributed by atoms with Gasteiger partial charge in [0.25, 0.3) is 0 Å². The van der Waals surface area contributed by atoms with Crippen molar-refractivity contribution in [1.82, 2.24) is 4.90 Å². The first-order valence-electron chi connectivity index (χ1n) is 7.73. The predicted molar refractivity (Wildman–Crippen MR) is 99.8 cm³/mol. The number of benzene rings is 1. The summed E-state index contributed by atoms with van der Waals surface area (Å²) in [6.45, 7) is 1.62. The van der Waals surface area contributed by atoms with E-state index in [9.17, 15) is 9.59 Å². The van der Waals surface area contributed by atoms with Gasteiger partial charge in [-0.15, -0.1) is 11.3 Å². The molecule has 2 aromatic rings. The third kappa shape index (κ3) is 3.95. The first kappa shape index (κ1) is 17.7. The molecule has 0 bridgehead atoms. The number of methoxy groups -OCH3 is 1. The molecule has 1 aliphatic heterocycles. The number of nitrogens with one attached hydrogen (secondary N) is 2. The summed E-state index contributed by atoms with van der Waals surface area (Å²) in [6, 6.07) is 6.38. The van der Waals surface area contributed by atoms with E-state index in [4.69, 9.17) is 16.3 Å². The first-order valence-corrected chi connectivity index (χ1v) is 8.92. The Balaban J connectivity index is 1.82. The molecule has 0 saturated heterocycles. The summed E-state index contributed by atoms with van der Waals surface area (Å²) in [6.07, 6.45) is 0.757. The van der Waals surface area contributed by atoms with Crippen LogP contribution in [0.15, 0.2) is 24.3 Å². The lowest BCUT2D eigenvalue weighted by molar-refractivity contribution is 0.0600. The Labute approximate surface area is 154 Å². The van der Waals surface area contributed by atoms with Gasteiger partial charge < -0.3 is 15.0 Å². The quantitative estimate of drug-likeness (QED) is 0.795. The maximum Gasteiger partial charge on any atom is 0.341 e. The van der Waals surface area contributed by atoms with Crippen LogP contribution < -0.4 is 10.6 Å². The smallest absolute Gasteiger partial charge is 0.341 e. The van der Waals surface area contributed by atoms with Crippen LogP contribution >= 0.6 is 22.9 Å². The number of esters is 1. The lowest BCUT2D eigenvalue weighted by Gasteiger charge is -2.22. The van der Waals surface area contributed by atoms with Gasteiger partial charge in [-0.2, -0.15) is 0 Å². The molecule has 3 rings (SSSR count). The molecule has 2 heterocycles. The Bertz CT molecular complexity index is 804. The number of likely N-dealkylation sites (N-methyl/N-ethyl adjacent to an activating group) is 1. The fraction of sp³-hybridized carbons (Fsp3) is 0.294. The van der Waals surface area contributed by atoms with E-state index in [1.807, 2.05) is 7.05 Å². The molecule has 2 amide bonds. The standard InChI is InChI=1S/C17H18ClN3O3S/c1-21-8-7-12-13(9-21)25-15(14(12)16(22)24-2)20-17(23)19-11-5-3-10(18)4-6-11/h3-6H,7-9H2,1-2H3,(H2,19,20,23). The van der Waals surface area contributed by atoms with Crippen LogP contribution in [-0.2, 0) is 17.7 Å². The fourth-order valence-corrected chi connectivity index (χ4v) is 4.17. The number of urea groups is 1. The van der Waals surface area contributed by atoms with Gasteiger partial charge in [0.15, 0.2) is 0 Å². The SMILES string of the molecule is COC(=O)c1c(NC(=O)Nc2ccc(Cl)cc2)sc2c1CCN(C)C2. The van der Waals surface area contributed by atoms with Crippen molar-refractivity contribution in [3.05, 3.63) is 45.3 Å². The van der Waals surface area contributed by atoms with E-state index >= 15 is 0 Å². The van der Waals surface area contributed by atoms with Gasteiger partial charge in [-0.1, -0.05) is 11.6 Å². The van der Waals surface area contributed by atoms with E-state index in [2.05, 4.69) is 15.5 Å². The maximum absolute atomic E-state index is 12.3. The van der Waals surface area contributed by atoms with E-state index in [1.54, 1.807) is 24.3 Å². The molecule has 6 nitrogen and oxygen atoms in total. The molecular formula is C17H18ClN3O3S. The summed E-state index contributed by atoms with van der Waals surface area (Å²) in [5.41, 5.74) is 2.04. The second-order valence-corrected chi connectivity index (χ2v) is 7.31. The minimum absolute atomic E-state index is 0.417. The molecule has 0 atom stereocenters. The topological polar surface area (TPSA) is 70.7 Å². The van der Waals surface area contributed by atoms with Gasteiger partial charge >= 0.3 is 12.0 Å². The molecule has 0 radical (unpaired) electrons. The van der Waals surface area contributed by atoms with Crippen molar-refractivity contribution in [2.45, 2.75) is 13.0 Å². The third-order valence-corrected chi connectivity index (χ3v) is 5.35. The number of carbonyl (C=O) groups is 2. The molecule has 0 unspecified atom stereocenters. The largest absolute Gasteiger partial charge is 0.465 e. The van der Waals surface area contributed by atoms with Crippen LogP contribution in [0.4, 0.5) is 15.5 Å². The van der Waals surface area contributed by atoms with Crippen molar-refractivity contribution in [2.75, 3.05) is 31.3 Å². The molecule has 0 aliphatic carbocycles. The van der Waals surface area contributed by atoms with Gasteiger partial charge in [0.05, 0.1) is 12.7 Å². The normalized spacial score (nSPS) is 13.9. The predicted octanol–water partition coefficient (Wildman–Crippen LogP) is 3.82. The highest BCUT2D eigenvalue weighted by Crippen LogP contribution is 2.37. The number of rotatable bonds is 3. The number of hydrogen-bond donors (Lipinski definition) is 2. The Hall–Kier alpha value is -2.09. The summed E-state index contributed by atoms with van der Waals surface area (Å²) in [7, 11) is 3.37. The van der Waals surface area contributed by atoms with Crippen molar-refractivity contribution in [1.29, 1.82) is 0 Å². The molecule has 1 aromatic heterocycles. The van der Waals surface area contributed by atoms with Gasteiger partial charge in [-0.05, 0) is 43.3 Å². The minimum atomic E-state index is -0.427. The molecule has 8 heteroatoms. The summed E-state index contributed by atoms with van der Waals surface area (Å²) in [5.74, 6) is -0.427. The van der Waals surface area contributed by atoms with Crippen molar-refractivity contribution in [3.8, 4) is 0 Å². The van der Waals surface area contributed by atoms with E-state index in [0.717, 1.165) is 30.0 Å². The zero-order valence-electron chi connectivity index (χ0n) is 13.9. The minimum Gasteiger partial charge on any atom is -0.465 e. The first-order chi connectivity index (χ1) is 12.0. The van der Waals surface area contributed by atoms with Gasteiger partial charge in [-0.25, -0.2) is 9.59 Å². The Morgan fingerprint density at radius 1 is 1.24 bits per heavy atom. The highest BCUT2D eigenvalue weighted by Gasteiger charge is 2.28. The van der Waals surface area contributed by atoms with E-state index in [-0.39, 0.29) is 0 Å². The molecule has 0 fully saturated rings. The third-order valence-electron chi connectivity index (χ3n) is 3.97. The van der Waals surface area contributed by atoms with Gasteiger partial charge in [0.2, 0.25) is 0 Å². The Morgan fingerprint density at radius 2 is 1.96 bits per heavy atom. The van der Waals surface area contributed by atoms with Gasteiger partial charge in [0, 0.05) is 28.7 Å². The highest BCUT2D eigenvalue weighted by molar-refractivity contribution is 7.17. The maximum atomic E-state index is 12.3. The van der Waals surface area contributed by atoms with Crippen LogP contribution in [0, 0.1) is 0 Å². The van der Waals surface area contributed by atoms with Crippen LogP contribution in [0.2, 0.25) is 5.02 Å². The number of halogens is 1. The van der Waals surface area contributed by atoms with E-state index in [0.29, 0.717) is 21.3 Å². The van der Waals surface area contributed by atoms with Gasteiger partial charge in [0.1, 0.15) is 5.00 Å². The summed E-state index contributed by atoms with van der Waals surface area (Å²) in [4.78, 5) is 27.8. The molecule has 25 heavy (non-hydrogen) atoms. The van der Waals surface area contributed by atoms with Crippen molar-refractivity contribution < 1.29 is 14.3 Å². The number of carbonyl (C=O) groups excluding carboxylic acids is 2. The fourth-order valence-electron chi connectivity index (χ4n) is 2.74. The molecule has 2 N–H and O–H groups in total. The second kappa shape index (κ2) is 7.43. The van der Waals surface area contributed by atoms with Crippen molar-refractivity contribution in [3.63, 3.8) is 0 Å². The number of ether oxygens (including phenoxy) is 1. The number of fused-ring (bicyclic) bond motifs is 1. The summed E-state index contributed by atoms with van der Waals surface area (Å²) < 4.78 is 4.91. The number of nitrogens with zero attached hydrogens (tertiary/aromatic N) is 1. The average Bonchev–Trinajstić information content (AvgIpc) is 2.92. The van der Waals surface area contributed by atoms with E-state index < -0.39 is 12.0 Å². The molecule has 0 saturated carbocycles. The van der Waals surface area contributed by atoms with E-state index in [1.165, 1.54) is 18.4 Å². The highest BCUT2D eigenvalue weighted by atomic mass is 35.5. The van der Waals surface area contributed by atoms with Gasteiger partial charge in [-0.3, -0.25) is 5.32 Å². The molecule has 1 aliphatic rings. The lowest BCUT2D eigenvalue weighted by atomic mass is 10.0. The monoisotopic (exact) mass is 379 g/mol. The number of hydrogen-bond acceptors (Lipinski definition) is 5. The van der Waals surface area contributed by atoms with Crippen LogP contribution in [0.25, 0.3) is 0 Å². The zero-order chi connectivity index (χ0) is 18.0. The van der Waals surface area contributed by atoms with Crippen molar-refractivity contribution >= 4 is 45.6 Å². The van der Waals surface area contributed by atoms with Crippen LogP contribution in [0.5, 0.6) is 0 Å². The summed E-state index contributed by atoms with van der Waals surface area (Å²) >= 11 is 7.25. The lowest BCUT2D eigenvalue weighted by Crippen LogP contribution is -2.26. The second-order valence-electron chi connectivity index (χ2n) is 5.77. The summed E-state index contributed by atoms with van der Waals surface area (Å²) in [5, 5.41) is 6.61. The molecule has 0 spiro atoms. The Morgan fingerprint density at radius 3 is 2.64 bits per heavy atom. The van der Waals surface area contributed by atoms with Crippen LogP contribution in [0.1, 0.15) is 20.8 Å². The number of thiophene rings is 1. The van der Waals surface area contributed by atoms with Crippen LogP contribution in [0.3, 0.4) is 0 Å². The average molecular weight is 380 g/mol. The van der Waals surface area contributed by atoms with Crippen molar-refractivity contribution in [2.24, 2.45) is 0 Å². The number of amides is 2. The number of anilines is 2.